The number of benzene rings is 2. The first-order chi connectivity index (χ1) is 12.6. The third kappa shape index (κ3) is 4.02. The van der Waals surface area contributed by atoms with Crippen LogP contribution in [0.15, 0.2) is 48.7 Å². The maximum Gasteiger partial charge on any atom is 0.132 e. The maximum absolute atomic E-state index is 5.70. The van der Waals surface area contributed by atoms with E-state index >= 15 is 0 Å². The van der Waals surface area contributed by atoms with Gasteiger partial charge in [0.15, 0.2) is 0 Å². The summed E-state index contributed by atoms with van der Waals surface area (Å²) in [6.45, 7) is 1.91. The van der Waals surface area contributed by atoms with E-state index in [1.807, 2.05) is 6.07 Å². The van der Waals surface area contributed by atoms with Crippen LogP contribution in [0.1, 0.15) is 17.5 Å². The number of rotatable bonds is 8. The Bertz CT molecular complexity index is 853. The highest BCUT2D eigenvalue weighted by molar-refractivity contribution is 5.91. The van der Waals surface area contributed by atoms with Gasteiger partial charge in [-0.1, -0.05) is 30.3 Å². The summed E-state index contributed by atoms with van der Waals surface area (Å²) >= 11 is 0. The molecule has 1 aromatic heterocycles. The van der Waals surface area contributed by atoms with Gasteiger partial charge >= 0.3 is 0 Å². The van der Waals surface area contributed by atoms with Gasteiger partial charge in [-0.2, -0.15) is 0 Å². The van der Waals surface area contributed by atoms with E-state index in [0.29, 0.717) is 0 Å². The molecule has 4 heteroatoms. The predicted octanol–water partition coefficient (Wildman–Crippen LogP) is 4.20. The predicted molar refractivity (Wildman–Crippen MR) is 107 cm³/mol. The number of ether oxygens (including phenoxy) is 2. The molecule has 0 unspecified atom stereocenters. The molecule has 0 aliphatic carbocycles. The Hall–Kier alpha value is -2.46. The Morgan fingerprint density at radius 3 is 2.42 bits per heavy atom. The normalized spacial score (nSPS) is 11.3. The number of aromatic nitrogens is 1. The second-order valence-corrected chi connectivity index (χ2v) is 6.90. The van der Waals surface area contributed by atoms with Crippen molar-refractivity contribution in [1.82, 2.24) is 9.47 Å². The van der Waals surface area contributed by atoms with Crippen molar-refractivity contribution < 1.29 is 9.47 Å². The van der Waals surface area contributed by atoms with Gasteiger partial charge in [0.25, 0.3) is 0 Å². The molecular formula is C22H28N2O2. The molecule has 0 aliphatic rings. The summed E-state index contributed by atoms with van der Waals surface area (Å²) in [6, 6.07) is 14.6. The number of fused-ring (bicyclic) bond motifs is 1. The summed E-state index contributed by atoms with van der Waals surface area (Å²) in [5.74, 6) is 1.70. The molecule has 0 saturated carbocycles. The lowest BCUT2D eigenvalue weighted by Crippen LogP contribution is -2.13. The van der Waals surface area contributed by atoms with Crippen LogP contribution in [0.4, 0.5) is 0 Å². The van der Waals surface area contributed by atoms with E-state index in [4.69, 9.17) is 9.47 Å². The van der Waals surface area contributed by atoms with Crippen LogP contribution >= 0.6 is 0 Å². The molecule has 0 aliphatic heterocycles. The fourth-order valence-corrected chi connectivity index (χ4v) is 3.41. The zero-order valence-electron chi connectivity index (χ0n) is 16.2. The van der Waals surface area contributed by atoms with Gasteiger partial charge in [0.05, 0.1) is 19.7 Å². The fourth-order valence-electron chi connectivity index (χ4n) is 3.41. The van der Waals surface area contributed by atoms with Gasteiger partial charge in [0, 0.05) is 30.3 Å². The Balaban J connectivity index is 2.04. The molecule has 138 valence electrons. The summed E-state index contributed by atoms with van der Waals surface area (Å²) in [6.07, 6.45) is 4.42. The second-order valence-electron chi connectivity index (χ2n) is 6.90. The Morgan fingerprint density at radius 1 is 1.00 bits per heavy atom. The van der Waals surface area contributed by atoms with Crippen molar-refractivity contribution in [1.29, 1.82) is 0 Å². The minimum absolute atomic E-state index is 0.821. The molecule has 4 nitrogen and oxygen atoms in total. The maximum atomic E-state index is 5.70. The Kier molecular flexibility index (Phi) is 5.84. The van der Waals surface area contributed by atoms with E-state index in [9.17, 15) is 0 Å². The lowest BCUT2D eigenvalue weighted by Gasteiger charge is -2.10. The zero-order valence-corrected chi connectivity index (χ0v) is 16.2. The summed E-state index contributed by atoms with van der Waals surface area (Å²) in [4.78, 5) is 2.23. The SMILES string of the molecule is COc1cc(OC)c2c(CCCN(C)C)cn(Cc3ccccc3)c2c1. The molecule has 3 aromatic rings. The molecule has 0 spiro atoms. The Morgan fingerprint density at radius 2 is 1.77 bits per heavy atom. The average Bonchev–Trinajstić information content (AvgIpc) is 2.99. The highest BCUT2D eigenvalue weighted by atomic mass is 16.5. The van der Waals surface area contributed by atoms with Crippen molar-refractivity contribution in [3.8, 4) is 11.5 Å². The van der Waals surface area contributed by atoms with Crippen LogP contribution in [0, 0.1) is 0 Å². The van der Waals surface area contributed by atoms with Gasteiger partial charge in [-0.3, -0.25) is 0 Å². The molecule has 3 rings (SSSR count). The van der Waals surface area contributed by atoms with Crippen LogP contribution < -0.4 is 9.47 Å². The molecule has 0 bridgehead atoms. The fraction of sp³-hybridized carbons (Fsp3) is 0.364. The van der Waals surface area contributed by atoms with E-state index in [1.165, 1.54) is 16.5 Å². The number of nitrogens with zero attached hydrogens (tertiary/aromatic N) is 2. The molecule has 0 amide bonds. The Labute approximate surface area is 155 Å². The number of hydrogen-bond donors (Lipinski definition) is 0. The van der Waals surface area contributed by atoms with Gasteiger partial charge in [-0.15, -0.1) is 0 Å². The lowest BCUT2D eigenvalue weighted by molar-refractivity contribution is 0.396. The third-order valence-corrected chi connectivity index (χ3v) is 4.70. The van der Waals surface area contributed by atoms with Crippen molar-refractivity contribution in [2.24, 2.45) is 0 Å². The molecular weight excluding hydrogens is 324 g/mol. The van der Waals surface area contributed by atoms with E-state index in [-0.39, 0.29) is 0 Å². The highest BCUT2D eigenvalue weighted by Crippen LogP contribution is 2.36. The molecule has 0 N–H and O–H groups in total. The summed E-state index contributed by atoms with van der Waals surface area (Å²) in [5, 5.41) is 1.20. The topological polar surface area (TPSA) is 26.6 Å². The van der Waals surface area contributed by atoms with Crippen molar-refractivity contribution in [2.75, 3.05) is 34.9 Å². The van der Waals surface area contributed by atoms with Crippen molar-refractivity contribution in [3.63, 3.8) is 0 Å². The van der Waals surface area contributed by atoms with Gasteiger partial charge in [-0.05, 0) is 44.6 Å². The van der Waals surface area contributed by atoms with Crippen LogP contribution in [0.3, 0.4) is 0 Å². The van der Waals surface area contributed by atoms with Crippen molar-refractivity contribution >= 4 is 10.9 Å². The number of hydrogen-bond acceptors (Lipinski definition) is 3. The van der Waals surface area contributed by atoms with Gasteiger partial charge in [0.1, 0.15) is 11.5 Å². The van der Waals surface area contributed by atoms with E-state index in [2.05, 4.69) is 66.2 Å². The zero-order chi connectivity index (χ0) is 18.5. The summed E-state index contributed by atoms with van der Waals surface area (Å²) in [5.41, 5.74) is 3.77. The standard InChI is InChI=1S/C22H28N2O2/c1-23(2)12-8-11-18-16-24(15-17-9-6-5-7-10-17)20-13-19(25-3)14-21(26-4)22(18)20/h5-7,9-10,13-14,16H,8,11-12,15H2,1-4H3. The van der Waals surface area contributed by atoms with E-state index in [0.717, 1.165) is 42.9 Å². The number of aryl methyl sites for hydroxylation is 1. The first-order valence-corrected chi connectivity index (χ1v) is 9.04. The van der Waals surface area contributed by atoms with E-state index < -0.39 is 0 Å². The first kappa shape index (κ1) is 18.3. The number of methoxy groups -OCH3 is 2. The van der Waals surface area contributed by atoms with Crippen LogP contribution in [0.5, 0.6) is 11.5 Å². The van der Waals surface area contributed by atoms with Crippen LogP contribution in [0.2, 0.25) is 0 Å². The van der Waals surface area contributed by atoms with Crippen LogP contribution in [0.25, 0.3) is 10.9 Å². The van der Waals surface area contributed by atoms with Gasteiger partial charge in [-0.25, -0.2) is 0 Å². The lowest BCUT2D eigenvalue weighted by atomic mass is 10.1. The highest BCUT2D eigenvalue weighted by Gasteiger charge is 2.15. The van der Waals surface area contributed by atoms with Crippen molar-refractivity contribution in [2.45, 2.75) is 19.4 Å². The monoisotopic (exact) mass is 352 g/mol. The molecule has 26 heavy (non-hydrogen) atoms. The summed E-state index contributed by atoms with van der Waals surface area (Å²) < 4.78 is 13.5. The molecule has 0 saturated heterocycles. The third-order valence-electron chi connectivity index (χ3n) is 4.70. The summed E-state index contributed by atoms with van der Waals surface area (Å²) in [7, 11) is 7.66. The molecule has 1 heterocycles. The first-order valence-electron chi connectivity index (χ1n) is 9.04. The van der Waals surface area contributed by atoms with E-state index in [1.54, 1.807) is 14.2 Å². The van der Waals surface area contributed by atoms with Crippen molar-refractivity contribution in [3.05, 3.63) is 59.8 Å². The minimum Gasteiger partial charge on any atom is -0.497 e. The molecule has 0 atom stereocenters. The average molecular weight is 352 g/mol. The smallest absolute Gasteiger partial charge is 0.132 e. The largest absolute Gasteiger partial charge is 0.497 e. The minimum atomic E-state index is 0.821. The molecule has 0 radical (unpaired) electrons. The quantitative estimate of drug-likeness (QED) is 0.608. The second kappa shape index (κ2) is 8.28. The van der Waals surface area contributed by atoms with Gasteiger partial charge < -0.3 is 18.9 Å². The van der Waals surface area contributed by atoms with Gasteiger partial charge in [0.2, 0.25) is 0 Å². The van der Waals surface area contributed by atoms with Crippen LogP contribution in [-0.4, -0.2) is 44.3 Å². The van der Waals surface area contributed by atoms with Crippen LogP contribution in [-0.2, 0) is 13.0 Å². The molecule has 2 aromatic carbocycles. The molecule has 0 fully saturated rings.